The Bertz CT molecular complexity index is 1360. The van der Waals surface area contributed by atoms with Gasteiger partial charge in [-0.05, 0) is 36.8 Å². The first-order valence-corrected chi connectivity index (χ1v) is 11.7. The number of carbonyl (C=O) groups is 1. The van der Waals surface area contributed by atoms with E-state index in [-0.39, 0.29) is 30.2 Å². The molecular weight excluding hydrogens is 450 g/mol. The lowest BCUT2D eigenvalue weighted by Crippen LogP contribution is -2.40. The standard InChI is InChI=1S/C23H23NO8S/c1-15-3-5-18(33(27,28)24-7-9-30-10-8-24)13-20(15)23(26)31-14-16-11-22(25)32-21-12-17(29-2)4-6-19(16)21/h3-6,11-13H,7-10,14H2,1-2H3. The number of esters is 1. The molecule has 0 spiro atoms. The summed E-state index contributed by atoms with van der Waals surface area (Å²) in [6.45, 7) is 2.67. The van der Waals surface area contributed by atoms with Gasteiger partial charge < -0.3 is 18.6 Å². The van der Waals surface area contributed by atoms with Gasteiger partial charge in [-0.25, -0.2) is 18.0 Å². The lowest BCUT2D eigenvalue weighted by molar-refractivity contribution is 0.0472. The molecule has 0 aliphatic carbocycles. The molecule has 0 atom stereocenters. The van der Waals surface area contributed by atoms with E-state index in [1.165, 1.54) is 29.6 Å². The van der Waals surface area contributed by atoms with Crippen molar-refractivity contribution in [3.8, 4) is 5.75 Å². The smallest absolute Gasteiger partial charge is 0.338 e. The predicted molar refractivity (Wildman–Crippen MR) is 119 cm³/mol. The Balaban J connectivity index is 1.58. The molecule has 1 saturated heterocycles. The largest absolute Gasteiger partial charge is 0.497 e. The average molecular weight is 474 g/mol. The maximum atomic E-state index is 13.0. The molecule has 0 saturated carbocycles. The van der Waals surface area contributed by atoms with Crippen LogP contribution in [0.3, 0.4) is 0 Å². The highest BCUT2D eigenvalue weighted by atomic mass is 32.2. The van der Waals surface area contributed by atoms with Crippen molar-refractivity contribution in [3.63, 3.8) is 0 Å². The van der Waals surface area contributed by atoms with Crippen molar-refractivity contribution in [1.29, 1.82) is 0 Å². The zero-order valence-corrected chi connectivity index (χ0v) is 19.0. The molecule has 1 aliphatic heterocycles. The van der Waals surface area contributed by atoms with Crippen molar-refractivity contribution in [2.45, 2.75) is 18.4 Å². The van der Waals surface area contributed by atoms with E-state index in [0.717, 1.165) is 0 Å². The molecule has 0 amide bonds. The zero-order chi connectivity index (χ0) is 23.6. The first-order chi connectivity index (χ1) is 15.8. The maximum Gasteiger partial charge on any atom is 0.338 e. The van der Waals surface area contributed by atoms with Gasteiger partial charge in [0.15, 0.2) is 0 Å². The van der Waals surface area contributed by atoms with Gasteiger partial charge in [0.05, 0.1) is 30.8 Å². The third-order valence-corrected chi connectivity index (χ3v) is 7.33. The number of fused-ring (bicyclic) bond motifs is 1. The number of hydrogen-bond donors (Lipinski definition) is 0. The van der Waals surface area contributed by atoms with Gasteiger partial charge in [-0.3, -0.25) is 0 Å². The highest BCUT2D eigenvalue weighted by Gasteiger charge is 2.27. The summed E-state index contributed by atoms with van der Waals surface area (Å²) in [7, 11) is -2.26. The molecule has 0 unspecified atom stereocenters. The average Bonchev–Trinajstić information content (AvgIpc) is 2.82. The minimum absolute atomic E-state index is 0.0138. The minimum Gasteiger partial charge on any atom is -0.497 e. The molecule has 33 heavy (non-hydrogen) atoms. The van der Waals surface area contributed by atoms with Gasteiger partial charge in [-0.15, -0.1) is 0 Å². The second kappa shape index (κ2) is 9.34. The summed E-state index contributed by atoms with van der Waals surface area (Å²) < 4.78 is 48.3. The van der Waals surface area contributed by atoms with Crippen molar-refractivity contribution in [3.05, 3.63) is 69.6 Å². The van der Waals surface area contributed by atoms with Crippen LogP contribution in [0.25, 0.3) is 11.0 Å². The van der Waals surface area contributed by atoms with E-state index in [1.54, 1.807) is 31.2 Å². The number of ether oxygens (including phenoxy) is 3. The molecule has 1 fully saturated rings. The normalized spacial score (nSPS) is 14.8. The van der Waals surface area contributed by atoms with Crippen LogP contribution in [0, 0.1) is 6.92 Å². The summed E-state index contributed by atoms with van der Waals surface area (Å²) in [4.78, 5) is 24.8. The second-order valence-electron chi connectivity index (χ2n) is 7.52. The van der Waals surface area contributed by atoms with Crippen molar-refractivity contribution < 1.29 is 31.8 Å². The molecule has 4 rings (SSSR count). The Morgan fingerprint density at radius 3 is 2.58 bits per heavy atom. The number of hydrogen-bond acceptors (Lipinski definition) is 8. The molecule has 3 aromatic rings. The van der Waals surface area contributed by atoms with Crippen LogP contribution in [0.4, 0.5) is 0 Å². The summed E-state index contributed by atoms with van der Waals surface area (Å²) in [5.41, 5.74) is 0.896. The highest BCUT2D eigenvalue weighted by molar-refractivity contribution is 7.89. The Labute approximate surface area is 190 Å². The number of morpholine rings is 1. The fraction of sp³-hybridized carbons (Fsp3) is 0.304. The number of sulfonamides is 1. The molecule has 1 aromatic heterocycles. The van der Waals surface area contributed by atoms with Crippen molar-refractivity contribution in [2.75, 3.05) is 33.4 Å². The van der Waals surface area contributed by atoms with Crippen LogP contribution in [0.1, 0.15) is 21.5 Å². The minimum atomic E-state index is -3.76. The molecule has 0 bridgehead atoms. The highest BCUT2D eigenvalue weighted by Crippen LogP contribution is 2.24. The van der Waals surface area contributed by atoms with Crippen molar-refractivity contribution in [2.24, 2.45) is 0 Å². The summed E-state index contributed by atoms with van der Waals surface area (Å²) in [6.07, 6.45) is 0. The van der Waals surface area contributed by atoms with E-state index < -0.39 is 21.6 Å². The number of aryl methyl sites for hydroxylation is 1. The first kappa shape index (κ1) is 23.0. The molecule has 2 aromatic carbocycles. The van der Waals surface area contributed by atoms with Gasteiger partial charge in [0.1, 0.15) is 17.9 Å². The van der Waals surface area contributed by atoms with Gasteiger partial charge in [-0.1, -0.05) is 6.07 Å². The Morgan fingerprint density at radius 1 is 1.09 bits per heavy atom. The molecule has 0 radical (unpaired) electrons. The molecule has 10 heteroatoms. The van der Waals surface area contributed by atoms with Gasteiger partial charge >= 0.3 is 11.6 Å². The van der Waals surface area contributed by atoms with Crippen LogP contribution < -0.4 is 10.4 Å². The van der Waals surface area contributed by atoms with Crippen LogP contribution in [0.5, 0.6) is 5.75 Å². The van der Waals surface area contributed by atoms with E-state index in [4.69, 9.17) is 18.6 Å². The Kier molecular flexibility index (Phi) is 6.50. The van der Waals surface area contributed by atoms with Crippen molar-refractivity contribution in [1.82, 2.24) is 4.31 Å². The monoisotopic (exact) mass is 473 g/mol. The summed E-state index contributed by atoms with van der Waals surface area (Å²) in [5, 5.41) is 0.601. The van der Waals surface area contributed by atoms with Crippen LogP contribution in [0.15, 0.2) is 56.6 Å². The molecule has 174 valence electrons. The Morgan fingerprint density at radius 2 is 1.85 bits per heavy atom. The van der Waals surface area contributed by atoms with Crippen molar-refractivity contribution >= 4 is 27.0 Å². The lowest BCUT2D eigenvalue weighted by Gasteiger charge is -2.26. The van der Waals surface area contributed by atoms with Crippen LogP contribution in [0.2, 0.25) is 0 Å². The molecule has 0 N–H and O–H groups in total. The number of methoxy groups -OCH3 is 1. The van der Waals surface area contributed by atoms with E-state index in [1.807, 2.05) is 0 Å². The van der Waals surface area contributed by atoms with Gasteiger partial charge in [0.2, 0.25) is 10.0 Å². The summed E-state index contributed by atoms with van der Waals surface area (Å²) in [6, 6.07) is 10.6. The number of carbonyl (C=O) groups excluding carboxylic acids is 1. The van der Waals surface area contributed by atoms with Gasteiger partial charge in [0, 0.05) is 36.2 Å². The fourth-order valence-corrected chi connectivity index (χ4v) is 5.03. The SMILES string of the molecule is COc1ccc2c(COC(=O)c3cc(S(=O)(=O)N4CCOCC4)ccc3C)cc(=O)oc2c1. The molecule has 1 aliphatic rings. The van der Waals surface area contributed by atoms with Gasteiger partial charge in [-0.2, -0.15) is 4.31 Å². The van der Waals surface area contributed by atoms with Crippen LogP contribution in [-0.4, -0.2) is 52.1 Å². The van der Waals surface area contributed by atoms with Crippen LogP contribution in [-0.2, 0) is 26.1 Å². The van der Waals surface area contributed by atoms with E-state index in [2.05, 4.69) is 0 Å². The lowest BCUT2D eigenvalue weighted by atomic mass is 10.1. The zero-order valence-electron chi connectivity index (χ0n) is 18.2. The third-order valence-electron chi connectivity index (χ3n) is 5.43. The number of nitrogens with zero attached hydrogens (tertiary/aromatic N) is 1. The third kappa shape index (κ3) is 4.77. The predicted octanol–water partition coefficient (Wildman–Crippen LogP) is 2.49. The number of rotatable bonds is 6. The Hall–Kier alpha value is -3.21. The first-order valence-electron chi connectivity index (χ1n) is 10.3. The van der Waals surface area contributed by atoms with E-state index in [0.29, 0.717) is 41.1 Å². The summed E-state index contributed by atoms with van der Waals surface area (Å²) in [5.74, 6) is -0.171. The molecular formula is C23H23NO8S. The van der Waals surface area contributed by atoms with E-state index in [9.17, 15) is 18.0 Å². The maximum absolute atomic E-state index is 13.0. The topological polar surface area (TPSA) is 112 Å². The molecule has 2 heterocycles. The molecule has 9 nitrogen and oxygen atoms in total. The number of benzene rings is 2. The quantitative estimate of drug-likeness (QED) is 0.396. The second-order valence-corrected chi connectivity index (χ2v) is 9.46. The fourth-order valence-electron chi connectivity index (χ4n) is 3.60. The van der Waals surface area contributed by atoms with E-state index >= 15 is 0 Å². The van der Waals surface area contributed by atoms with Crippen LogP contribution >= 0.6 is 0 Å². The summed E-state index contributed by atoms with van der Waals surface area (Å²) >= 11 is 0. The van der Waals surface area contributed by atoms with Gasteiger partial charge in [0.25, 0.3) is 0 Å².